The van der Waals surface area contributed by atoms with Gasteiger partial charge in [-0.2, -0.15) is 0 Å². The molecule has 0 fully saturated rings. The van der Waals surface area contributed by atoms with E-state index < -0.39 is 0 Å². The van der Waals surface area contributed by atoms with Crippen molar-refractivity contribution in [3.05, 3.63) is 70.7 Å². The van der Waals surface area contributed by atoms with Gasteiger partial charge in [-0.1, -0.05) is 31.5 Å². The zero-order valence-corrected chi connectivity index (χ0v) is 19.1. The zero-order valence-electron chi connectivity index (χ0n) is 18.3. The van der Waals surface area contributed by atoms with Gasteiger partial charge in [-0.25, -0.2) is 4.98 Å². The Hall–Kier alpha value is -3.31. The normalized spacial score (nSPS) is 12.5. The molecule has 0 bridgehead atoms. The smallest absolute Gasteiger partial charge is 0.227 e. The van der Waals surface area contributed by atoms with Crippen LogP contribution in [0, 0.1) is 0 Å². The summed E-state index contributed by atoms with van der Waals surface area (Å²) >= 11 is 6.13. The Morgan fingerprint density at radius 1 is 1.12 bits per heavy atom. The number of phenols is 1. The third-order valence-electron chi connectivity index (χ3n) is 5.43. The summed E-state index contributed by atoms with van der Waals surface area (Å²) in [6.45, 7) is 6.67. The van der Waals surface area contributed by atoms with E-state index >= 15 is 0 Å². The minimum Gasteiger partial charge on any atom is -0.504 e. The Labute approximate surface area is 192 Å². The van der Waals surface area contributed by atoms with Crippen LogP contribution in [-0.2, 0) is 0 Å². The number of oxazole rings is 1. The van der Waals surface area contributed by atoms with Crippen LogP contribution in [0.2, 0.25) is 5.02 Å². The van der Waals surface area contributed by atoms with Gasteiger partial charge in [0, 0.05) is 28.4 Å². The molecule has 0 aliphatic carbocycles. The first-order valence-electron chi connectivity index (χ1n) is 10.7. The maximum atomic E-state index is 10.4. The molecule has 4 aromatic rings. The van der Waals surface area contributed by atoms with Crippen LogP contribution in [0.3, 0.4) is 0 Å². The summed E-state index contributed by atoms with van der Waals surface area (Å²) in [5.41, 5.74) is 4.98. The van der Waals surface area contributed by atoms with Gasteiger partial charge in [0.05, 0.1) is 12.3 Å². The molecule has 4 rings (SSSR count). The summed E-state index contributed by atoms with van der Waals surface area (Å²) in [6.07, 6.45) is 2.65. The monoisotopic (exact) mass is 448 g/mol. The Bertz CT molecular complexity index is 1260. The van der Waals surface area contributed by atoms with E-state index in [2.05, 4.69) is 36.0 Å². The quantitative estimate of drug-likeness (QED) is 0.297. The first-order valence-corrected chi connectivity index (χ1v) is 11.1. The SMILES string of the molecule is CCOc1cc(Cl)cc(C=Nc2ccc(-c3nc4cc([C@H](C)CC)ccc4o3)cc2)c1O. The van der Waals surface area contributed by atoms with Crippen molar-refractivity contribution < 1.29 is 14.3 Å². The summed E-state index contributed by atoms with van der Waals surface area (Å²) in [6, 6.07) is 17.0. The zero-order chi connectivity index (χ0) is 22.7. The summed E-state index contributed by atoms with van der Waals surface area (Å²) in [7, 11) is 0. The summed E-state index contributed by atoms with van der Waals surface area (Å²) in [4.78, 5) is 9.11. The summed E-state index contributed by atoms with van der Waals surface area (Å²) in [5.74, 6) is 1.41. The Morgan fingerprint density at radius 2 is 1.91 bits per heavy atom. The van der Waals surface area contributed by atoms with E-state index in [9.17, 15) is 5.11 Å². The van der Waals surface area contributed by atoms with E-state index in [1.54, 1.807) is 18.3 Å². The second-order valence-electron chi connectivity index (χ2n) is 7.64. The van der Waals surface area contributed by atoms with Crippen LogP contribution in [-0.4, -0.2) is 22.9 Å². The largest absolute Gasteiger partial charge is 0.504 e. The van der Waals surface area contributed by atoms with Crippen molar-refractivity contribution in [1.82, 2.24) is 4.98 Å². The molecular formula is C26H25ClN2O3. The van der Waals surface area contributed by atoms with Gasteiger partial charge in [0.25, 0.3) is 0 Å². The van der Waals surface area contributed by atoms with E-state index in [-0.39, 0.29) is 5.75 Å². The van der Waals surface area contributed by atoms with Gasteiger partial charge >= 0.3 is 0 Å². The molecule has 3 aromatic carbocycles. The molecule has 5 nitrogen and oxygen atoms in total. The lowest BCUT2D eigenvalue weighted by Gasteiger charge is -2.08. The molecule has 0 amide bonds. The van der Waals surface area contributed by atoms with E-state index in [0.29, 0.717) is 34.8 Å². The molecule has 0 unspecified atom stereocenters. The van der Waals surface area contributed by atoms with E-state index in [0.717, 1.165) is 28.8 Å². The number of hydrogen-bond donors (Lipinski definition) is 1. The predicted octanol–water partition coefficient (Wildman–Crippen LogP) is 7.52. The van der Waals surface area contributed by atoms with E-state index in [1.165, 1.54) is 5.56 Å². The number of nitrogens with zero attached hydrogens (tertiary/aromatic N) is 2. The number of ether oxygens (including phenoxy) is 1. The van der Waals surface area contributed by atoms with Crippen LogP contribution in [0.5, 0.6) is 11.5 Å². The summed E-state index contributed by atoms with van der Waals surface area (Å²) < 4.78 is 11.4. The fourth-order valence-corrected chi connectivity index (χ4v) is 3.62. The lowest BCUT2D eigenvalue weighted by atomic mass is 9.98. The van der Waals surface area contributed by atoms with Crippen molar-refractivity contribution in [3.8, 4) is 23.0 Å². The standard InChI is InChI=1S/C26H25ClN2O3/c1-4-16(3)18-8-11-23-22(13-18)29-26(32-23)17-6-9-21(10-7-17)28-15-19-12-20(27)14-24(25(19)30)31-5-2/h6-16,30H,4-5H2,1-3H3/t16-/m1/s1. The topological polar surface area (TPSA) is 67.9 Å². The maximum Gasteiger partial charge on any atom is 0.227 e. The van der Waals surface area contributed by atoms with Gasteiger partial charge in [-0.3, -0.25) is 4.99 Å². The maximum absolute atomic E-state index is 10.4. The van der Waals surface area contributed by atoms with Gasteiger partial charge in [-0.05, 0) is 67.3 Å². The molecule has 0 radical (unpaired) electrons. The van der Waals surface area contributed by atoms with Crippen molar-refractivity contribution >= 4 is 34.6 Å². The summed E-state index contributed by atoms with van der Waals surface area (Å²) in [5, 5.41) is 10.8. The Morgan fingerprint density at radius 3 is 2.62 bits per heavy atom. The number of hydrogen-bond acceptors (Lipinski definition) is 5. The average Bonchev–Trinajstić information content (AvgIpc) is 3.23. The Balaban J connectivity index is 1.56. The Kier molecular flexibility index (Phi) is 6.47. The molecule has 0 aliphatic heterocycles. The van der Waals surface area contributed by atoms with Crippen LogP contribution >= 0.6 is 11.6 Å². The molecule has 0 saturated carbocycles. The molecule has 0 saturated heterocycles. The molecule has 1 heterocycles. The highest BCUT2D eigenvalue weighted by Crippen LogP contribution is 2.33. The number of aromatic hydroxyl groups is 1. The van der Waals surface area contributed by atoms with Gasteiger partial charge < -0.3 is 14.3 Å². The fourth-order valence-electron chi connectivity index (χ4n) is 3.40. The second-order valence-corrected chi connectivity index (χ2v) is 8.07. The van der Waals surface area contributed by atoms with Gasteiger partial charge in [0.15, 0.2) is 17.1 Å². The first-order chi connectivity index (χ1) is 15.5. The number of phenolic OH excluding ortho intramolecular Hbond substituents is 1. The lowest BCUT2D eigenvalue weighted by Crippen LogP contribution is -1.94. The number of aliphatic imine (C=N–C) groups is 1. The van der Waals surface area contributed by atoms with E-state index in [4.69, 9.17) is 20.8 Å². The van der Waals surface area contributed by atoms with Crippen molar-refractivity contribution in [2.24, 2.45) is 4.99 Å². The third-order valence-corrected chi connectivity index (χ3v) is 5.65. The number of benzene rings is 3. The average molecular weight is 449 g/mol. The highest BCUT2D eigenvalue weighted by atomic mass is 35.5. The number of rotatable bonds is 7. The van der Waals surface area contributed by atoms with Crippen LogP contribution in [0.25, 0.3) is 22.6 Å². The molecule has 0 spiro atoms. The van der Waals surface area contributed by atoms with Crippen LogP contribution < -0.4 is 4.74 Å². The minimum atomic E-state index is 0.0138. The molecule has 6 heteroatoms. The second kappa shape index (κ2) is 9.45. The molecule has 1 N–H and O–H groups in total. The molecule has 1 atom stereocenters. The van der Waals surface area contributed by atoms with Crippen LogP contribution in [0.15, 0.2) is 64.0 Å². The molecule has 1 aromatic heterocycles. The fraction of sp³-hybridized carbons (Fsp3) is 0.231. The van der Waals surface area contributed by atoms with Gasteiger partial charge in [0.2, 0.25) is 5.89 Å². The molecule has 164 valence electrons. The number of aromatic nitrogens is 1. The van der Waals surface area contributed by atoms with Crippen molar-refractivity contribution in [2.75, 3.05) is 6.61 Å². The van der Waals surface area contributed by atoms with Crippen LogP contribution in [0.1, 0.15) is 44.2 Å². The number of fused-ring (bicyclic) bond motifs is 1. The highest BCUT2D eigenvalue weighted by molar-refractivity contribution is 6.31. The highest BCUT2D eigenvalue weighted by Gasteiger charge is 2.12. The lowest BCUT2D eigenvalue weighted by molar-refractivity contribution is 0.318. The minimum absolute atomic E-state index is 0.0138. The molecule has 0 aliphatic rings. The third kappa shape index (κ3) is 4.63. The molecular weight excluding hydrogens is 424 g/mol. The van der Waals surface area contributed by atoms with Crippen molar-refractivity contribution in [1.29, 1.82) is 0 Å². The van der Waals surface area contributed by atoms with Crippen LogP contribution in [0.4, 0.5) is 5.69 Å². The van der Waals surface area contributed by atoms with E-state index in [1.807, 2.05) is 37.3 Å². The first kappa shape index (κ1) is 21.9. The van der Waals surface area contributed by atoms with Gasteiger partial charge in [-0.15, -0.1) is 0 Å². The molecule has 32 heavy (non-hydrogen) atoms. The number of halogens is 1. The van der Waals surface area contributed by atoms with Crippen molar-refractivity contribution in [3.63, 3.8) is 0 Å². The van der Waals surface area contributed by atoms with Crippen molar-refractivity contribution in [2.45, 2.75) is 33.1 Å². The van der Waals surface area contributed by atoms with Gasteiger partial charge in [0.1, 0.15) is 5.52 Å². The predicted molar refractivity (Wildman–Crippen MR) is 130 cm³/mol.